The van der Waals surface area contributed by atoms with E-state index in [1.807, 2.05) is 6.92 Å². The lowest BCUT2D eigenvalue weighted by atomic mass is 9.77. The van der Waals surface area contributed by atoms with Gasteiger partial charge >= 0.3 is 0 Å². The van der Waals surface area contributed by atoms with Crippen LogP contribution in [0.15, 0.2) is 0 Å². The predicted molar refractivity (Wildman–Crippen MR) is 64.2 cm³/mol. The number of hydrogen-bond donors (Lipinski definition) is 2. The van der Waals surface area contributed by atoms with Crippen LogP contribution in [0, 0.1) is 11.8 Å². The van der Waals surface area contributed by atoms with Crippen molar-refractivity contribution < 1.29 is 18.7 Å². The summed E-state index contributed by atoms with van der Waals surface area (Å²) in [6.45, 7) is 0.999. The fourth-order valence-corrected chi connectivity index (χ4v) is 2.51. The largest absolute Gasteiger partial charge is 0.395 e. The van der Waals surface area contributed by atoms with E-state index in [0.717, 1.165) is 17.7 Å². The SMILES string of the molecule is CC1CCC(N)CC1C(=O)N(CCO)CC(F)F. The van der Waals surface area contributed by atoms with E-state index >= 15 is 0 Å². The number of aliphatic hydroxyl groups excluding tert-OH is 1. The average Bonchev–Trinajstić information content (AvgIpc) is 2.30. The average molecular weight is 264 g/mol. The smallest absolute Gasteiger partial charge is 0.255 e. The molecule has 1 rings (SSSR count). The van der Waals surface area contributed by atoms with Gasteiger partial charge in [0.2, 0.25) is 5.91 Å². The number of hydrogen-bond acceptors (Lipinski definition) is 3. The molecule has 3 unspecified atom stereocenters. The van der Waals surface area contributed by atoms with Crippen molar-refractivity contribution >= 4 is 5.91 Å². The first-order chi connectivity index (χ1) is 8.45. The van der Waals surface area contributed by atoms with E-state index in [-0.39, 0.29) is 36.9 Å². The number of carbonyl (C=O) groups is 1. The van der Waals surface area contributed by atoms with Gasteiger partial charge in [-0.15, -0.1) is 0 Å². The molecule has 1 aliphatic carbocycles. The van der Waals surface area contributed by atoms with Crippen molar-refractivity contribution in [3.05, 3.63) is 0 Å². The van der Waals surface area contributed by atoms with Crippen LogP contribution < -0.4 is 5.73 Å². The summed E-state index contributed by atoms with van der Waals surface area (Å²) in [7, 11) is 0. The highest BCUT2D eigenvalue weighted by atomic mass is 19.3. The van der Waals surface area contributed by atoms with Gasteiger partial charge in [0.15, 0.2) is 0 Å². The number of nitrogens with zero attached hydrogens (tertiary/aromatic N) is 1. The molecule has 1 aliphatic rings. The Morgan fingerprint density at radius 1 is 1.50 bits per heavy atom. The Balaban J connectivity index is 2.67. The van der Waals surface area contributed by atoms with Gasteiger partial charge in [-0.25, -0.2) is 8.78 Å². The van der Waals surface area contributed by atoms with Gasteiger partial charge in [0.1, 0.15) is 0 Å². The highest BCUT2D eigenvalue weighted by Crippen LogP contribution is 2.30. The van der Waals surface area contributed by atoms with Crippen molar-refractivity contribution in [1.82, 2.24) is 4.90 Å². The van der Waals surface area contributed by atoms with Crippen LogP contribution in [0.4, 0.5) is 8.78 Å². The van der Waals surface area contributed by atoms with Crippen LogP contribution in [0.5, 0.6) is 0 Å². The zero-order chi connectivity index (χ0) is 13.7. The highest BCUT2D eigenvalue weighted by Gasteiger charge is 2.34. The third-order valence-electron chi connectivity index (χ3n) is 3.59. The molecule has 0 aliphatic heterocycles. The summed E-state index contributed by atoms with van der Waals surface area (Å²) in [6, 6.07) is -0.0299. The summed E-state index contributed by atoms with van der Waals surface area (Å²) in [5, 5.41) is 8.85. The van der Waals surface area contributed by atoms with Gasteiger partial charge in [0.05, 0.1) is 13.2 Å². The molecule has 0 spiro atoms. The molecule has 106 valence electrons. The lowest BCUT2D eigenvalue weighted by molar-refractivity contribution is -0.141. The molecule has 0 heterocycles. The first kappa shape index (κ1) is 15.3. The molecule has 3 N–H and O–H groups in total. The van der Waals surface area contributed by atoms with Gasteiger partial charge < -0.3 is 15.7 Å². The monoisotopic (exact) mass is 264 g/mol. The van der Waals surface area contributed by atoms with Crippen LogP contribution in [0.3, 0.4) is 0 Å². The van der Waals surface area contributed by atoms with Crippen molar-refractivity contribution in [1.29, 1.82) is 0 Å². The quantitative estimate of drug-likeness (QED) is 0.773. The Labute approximate surface area is 106 Å². The molecule has 0 aromatic heterocycles. The Morgan fingerprint density at radius 2 is 2.17 bits per heavy atom. The van der Waals surface area contributed by atoms with E-state index in [1.54, 1.807) is 0 Å². The van der Waals surface area contributed by atoms with Crippen LogP contribution in [-0.4, -0.2) is 48.1 Å². The van der Waals surface area contributed by atoms with E-state index in [1.165, 1.54) is 0 Å². The molecular formula is C12H22F2N2O2. The highest BCUT2D eigenvalue weighted by molar-refractivity contribution is 5.79. The van der Waals surface area contributed by atoms with E-state index in [4.69, 9.17) is 10.8 Å². The summed E-state index contributed by atoms with van der Waals surface area (Å²) < 4.78 is 24.8. The predicted octanol–water partition coefficient (Wildman–Crippen LogP) is 0.836. The summed E-state index contributed by atoms with van der Waals surface area (Å²) in [6.07, 6.45) is -0.308. The van der Waals surface area contributed by atoms with E-state index in [0.29, 0.717) is 6.42 Å². The second kappa shape index (κ2) is 6.99. The zero-order valence-electron chi connectivity index (χ0n) is 10.7. The van der Waals surface area contributed by atoms with Crippen molar-refractivity contribution in [3.63, 3.8) is 0 Å². The van der Waals surface area contributed by atoms with E-state index in [2.05, 4.69) is 0 Å². The van der Waals surface area contributed by atoms with E-state index in [9.17, 15) is 13.6 Å². The van der Waals surface area contributed by atoms with E-state index < -0.39 is 13.0 Å². The van der Waals surface area contributed by atoms with Crippen molar-refractivity contribution in [3.8, 4) is 0 Å². The second-order valence-electron chi connectivity index (χ2n) is 5.06. The number of nitrogens with two attached hydrogens (primary N) is 1. The molecule has 3 atom stereocenters. The van der Waals surface area contributed by atoms with Gasteiger partial charge in [0.25, 0.3) is 6.43 Å². The number of rotatable bonds is 5. The molecule has 18 heavy (non-hydrogen) atoms. The number of amides is 1. The number of carbonyl (C=O) groups excluding carboxylic acids is 1. The fourth-order valence-electron chi connectivity index (χ4n) is 2.51. The minimum atomic E-state index is -2.58. The maximum atomic E-state index is 12.4. The molecule has 0 radical (unpaired) electrons. The van der Waals surface area contributed by atoms with Crippen LogP contribution >= 0.6 is 0 Å². The van der Waals surface area contributed by atoms with Gasteiger partial charge in [-0.3, -0.25) is 4.79 Å². The topological polar surface area (TPSA) is 66.6 Å². The Kier molecular flexibility index (Phi) is 5.95. The second-order valence-corrected chi connectivity index (χ2v) is 5.06. The number of alkyl halides is 2. The van der Waals surface area contributed by atoms with Crippen LogP contribution in [-0.2, 0) is 4.79 Å². The molecule has 1 amide bonds. The summed E-state index contributed by atoms with van der Waals surface area (Å²) in [4.78, 5) is 13.3. The summed E-state index contributed by atoms with van der Waals surface area (Å²) in [5.41, 5.74) is 5.83. The lowest BCUT2D eigenvalue weighted by Crippen LogP contribution is -2.46. The molecule has 1 saturated carbocycles. The standard InChI is InChI=1S/C12H22F2N2O2/c1-8-2-3-9(15)6-10(8)12(18)16(4-5-17)7-11(13)14/h8-11,17H,2-7,15H2,1H3. The molecule has 4 nitrogen and oxygen atoms in total. The number of halogens is 2. The Hall–Kier alpha value is -0.750. The molecule has 0 bridgehead atoms. The Bertz CT molecular complexity index is 277. The van der Waals surface area contributed by atoms with Crippen LogP contribution in [0.25, 0.3) is 0 Å². The normalized spacial score (nSPS) is 28.4. The van der Waals surface area contributed by atoms with Crippen molar-refractivity contribution in [2.45, 2.75) is 38.7 Å². The van der Waals surface area contributed by atoms with Crippen molar-refractivity contribution in [2.24, 2.45) is 17.6 Å². The first-order valence-corrected chi connectivity index (χ1v) is 6.39. The molecule has 0 saturated heterocycles. The molecule has 0 aromatic carbocycles. The van der Waals surface area contributed by atoms with Crippen LogP contribution in [0.2, 0.25) is 0 Å². The van der Waals surface area contributed by atoms with Gasteiger partial charge in [0, 0.05) is 18.5 Å². The molecule has 6 heteroatoms. The lowest BCUT2D eigenvalue weighted by Gasteiger charge is -2.35. The van der Waals surface area contributed by atoms with Crippen molar-refractivity contribution in [2.75, 3.05) is 19.7 Å². The third-order valence-corrected chi connectivity index (χ3v) is 3.59. The van der Waals surface area contributed by atoms with Gasteiger partial charge in [-0.05, 0) is 25.2 Å². The maximum absolute atomic E-state index is 12.4. The van der Waals surface area contributed by atoms with Crippen LogP contribution in [0.1, 0.15) is 26.2 Å². The number of aliphatic hydroxyl groups is 1. The summed E-state index contributed by atoms with van der Waals surface area (Å²) in [5.74, 6) is -0.429. The van der Waals surface area contributed by atoms with Gasteiger partial charge in [-0.1, -0.05) is 6.92 Å². The molecule has 0 aromatic rings. The first-order valence-electron chi connectivity index (χ1n) is 6.39. The third kappa shape index (κ3) is 4.17. The fraction of sp³-hybridized carbons (Fsp3) is 0.917. The minimum Gasteiger partial charge on any atom is -0.395 e. The maximum Gasteiger partial charge on any atom is 0.255 e. The van der Waals surface area contributed by atoms with Gasteiger partial charge in [-0.2, -0.15) is 0 Å². The molecular weight excluding hydrogens is 242 g/mol. The Morgan fingerprint density at radius 3 is 2.72 bits per heavy atom. The zero-order valence-corrected chi connectivity index (χ0v) is 10.7. The molecule has 1 fully saturated rings. The minimum absolute atomic E-state index is 0.0299. The summed E-state index contributed by atoms with van der Waals surface area (Å²) >= 11 is 0.